The van der Waals surface area contributed by atoms with Crippen LogP contribution in [0.4, 0.5) is 0 Å². The summed E-state index contributed by atoms with van der Waals surface area (Å²) in [5.41, 5.74) is 0.644. The number of hydrogen-bond donors (Lipinski definition) is 1. The number of likely N-dealkylation sites (tertiary alicyclic amines) is 1. The summed E-state index contributed by atoms with van der Waals surface area (Å²) < 4.78 is 7.25. The van der Waals surface area contributed by atoms with Crippen molar-refractivity contribution in [2.24, 2.45) is 5.92 Å². The van der Waals surface area contributed by atoms with Crippen LogP contribution in [-0.2, 0) is 13.1 Å². The van der Waals surface area contributed by atoms with Gasteiger partial charge in [0.05, 0.1) is 25.1 Å². The van der Waals surface area contributed by atoms with Crippen molar-refractivity contribution in [1.29, 1.82) is 0 Å². The van der Waals surface area contributed by atoms with Crippen LogP contribution >= 0.6 is 0 Å². The number of hydrogen-bond acceptors (Lipinski definition) is 5. The third kappa shape index (κ3) is 3.71. The van der Waals surface area contributed by atoms with Gasteiger partial charge in [0.25, 0.3) is 0 Å². The number of aliphatic hydroxyl groups excluding tert-OH is 1. The van der Waals surface area contributed by atoms with Gasteiger partial charge in [0.1, 0.15) is 11.5 Å². The first kappa shape index (κ1) is 14.3. The van der Waals surface area contributed by atoms with Crippen LogP contribution in [0.15, 0.2) is 29.0 Å². The molecular weight excluding hydrogens is 268 g/mol. The van der Waals surface area contributed by atoms with Gasteiger partial charge in [-0.25, -0.2) is 0 Å². The summed E-state index contributed by atoms with van der Waals surface area (Å²) in [6.07, 6.45) is 5.34. The number of nitrogens with zero attached hydrogens (tertiary/aromatic N) is 4. The summed E-state index contributed by atoms with van der Waals surface area (Å²) in [5, 5.41) is 17.5. The molecule has 0 spiro atoms. The highest BCUT2D eigenvalue weighted by Crippen LogP contribution is 2.21. The quantitative estimate of drug-likeness (QED) is 0.910. The molecule has 1 N–H and O–H groups in total. The Balaban J connectivity index is 1.47. The Morgan fingerprint density at radius 3 is 2.86 bits per heavy atom. The highest BCUT2D eigenvalue weighted by Gasteiger charge is 2.21. The average Bonchev–Trinajstić information content (AvgIpc) is 3.12. The van der Waals surface area contributed by atoms with Crippen LogP contribution in [0, 0.1) is 5.92 Å². The maximum Gasteiger partial charge on any atom is 0.117 e. The van der Waals surface area contributed by atoms with Gasteiger partial charge in [-0.3, -0.25) is 9.58 Å². The van der Waals surface area contributed by atoms with Crippen molar-refractivity contribution in [2.45, 2.75) is 39.0 Å². The summed E-state index contributed by atoms with van der Waals surface area (Å²) in [6, 6.07) is 3.96. The number of aromatic nitrogens is 3. The van der Waals surface area contributed by atoms with Crippen LogP contribution < -0.4 is 0 Å². The van der Waals surface area contributed by atoms with E-state index in [0.717, 1.165) is 44.8 Å². The van der Waals surface area contributed by atoms with Crippen LogP contribution in [0.1, 0.15) is 37.3 Å². The average molecular weight is 290 g/mol. The van der Waals surface area contributed by atoms with Crippen molar-refractivity contribution in [1.82, 2.24) is 19.9 Å². The molecule has 0 bridgehead atoms. The van der Waals surface area contributed by atoms with E-state index in [1.165, 1.54) is 0 Å². The van der Waals surface area contributed by atoms with Gasteiger partial charge in [-0.15, -0.1) is 5.10 Å². The topological polar surface area (TPSA) is 67.3 Å². The normalized spacial score (nSPS) is 19.0. The second-order valence-corrected chi connectivity index (χ2v) is 5.84. The van der Waals surface area contributed by atoms with E-state index < -0.39 is 6.10 Å². The Morgan fingerprint density at radius 1 is 1.43 bits per heavy atom. The van der Waals surface area contributed by atoms with Crippen molar-refractivity contribution in [3.8, 4) is 0 Å². The molecule has 0 amide bonds. The third-order valence-electron chi connectivity index (χ3n) is 4.10. The van der Waals surface area contributed by atoms with E-state index >= 15 is 0 Å². The van der Waals surface area contributed by atoms with E-state index in [1.807, 2.05) is 23.0 Å². The smallest absolute Gasteiger partial charge is 0.117 e. The molecule has 1 unspecified atom stereocenters. The largest absolute Gasteiger partial charge is 0.468 e. The van der Waals surface area contributed by atoms with E-state index in [1.54, 1.807) is 13.2 Å². The molecule has 1 saturated heterocycles. The minimum atomic E-state index is -0.547. The SMILES string of the molecule is CC(O)c1cn(CC2CCN(Cc3ccco3)CC2)nn1. The zero-order valence-corrected chi connectivity index (χ0v) is 12.4. The lowest BCUT2D eigenvalue weighted by Gasteiger charge is -2.31. The van der Waals surface area contributed by atoms with Crippen LogP contribution in [0.25, 0.3) is 0 Å². The monoisotopic (exact) mass is 290 g/mol. The molecule has 0 saturated carbocycles. The van der Waals surface area contributed by atoms with Gasteiger partial charge in [0.15, 0.2) is 0 Å². The van der Waals surface area contributed by atoms with Crippen LogP contribution in [-0.4, -0.2) is 38.1 Å². The predicted octanol–water partition coefficient (Wildman–Crippen LogP) is 1.84. The molecule has 0 radical (unpaired) electrons. The predicted molar refractivity (Wildman–Crippen MR) is 77.4 cm³/mol. The molecule has 6 nitrogen and oxygen atoms in total. The standard InChI is InChI=1S/C15H22N4O2/c1-12(20)15-11-19(17-16-15)9-13-4-6-18(7-5-13)10-14-3-2-8-21-14/h2-3,8,11-13,20H,4-7,9-10H2,1H3. The molecule has 1 aliphatic rings. The van der Waals surface area contributed by atoms with E-state index in [-0.39, 0.29) is 0 Å². The maximum absolute atomic E-state index is 9.47. The zero-order chi connectivity index (χ0) is 14.7. The fourth-order valence-electron chi connectivity index (χ4n) is 2.81. The molecule has 1 atom stereocenters. The van der Waals surface area contributed by atoms with Crippen molar-refractivity contribution in [3.05, 3.63) is 36.0 Å². The molecule has 6 heteroatoms. The molecule has 1 aliphatic heterocycles. The molecule has 21 heavy (non-hydrogen) atoms. The van der Waals surface area contributed by atoms with Gasteiger partial charge in [0.2, 0.25) is 0 Å². The van der Waals surface area contributed by atoms with Crippen molar-refractivity contribution in [2.75, 3.05) is 13.1 Å². The fraction of sp³-hybridized carbons (Fsp3) is 0.600. The van der Waals surface area contributed by atoms with E-state index in [4.69, 9.17) is 4.42 Å². The number of aliphatic hydroxyl groups is 1. The van der Waals surface area contributed by atoms with Crippen LogP contribution in [0.3, 0.4) is 0 Å². The summed E-state index contributed by atoms with van der Waals surface area (Å²) in [7, 11) is 0. The van der Waals surface area contributed by atoms with Gasteiger partial charge in [-0.05, 0) is 50.9 Å². The van der Waals surface area contributed by atoms with Gasteiger partial charge in [0, 0.05) is 6.54 Å². The first-order valence-corrected chi connectivity index (χ1v) is 7.53. The summed E-state index contributed by atoms with van der Waals surface area (Å²) in [5.74, 6) is 1.66. The molecule has 114 valence electrons. The molecule has 0 aromatic carbocycles. The lowest BCUT2D eigenvalue weighted by atomic mass is 9.97. The number of rotatable bonds is 5. The highest BCUT2D eigenvalue weighted by molar-refractivity contribution is 4.98. The van der Waals surface area contributed by atoms with Crippen molar-refractivity contribution < 1.29 is 9.52 Å². The molecule has 3 rings (SSSR count). The number of furan rings is 1. The lowest BCUT2D eigenvalue weighted by Crippen LogP contribution is -2.34. The van der Waals surface area contributed by atoms with Crippen molar-refractivity contribution in [3.63, 3.8) is 0 Å². The Morgan fingerprint density at radius 2 is 2.24 bits per heavy atom. The van der Waals surface area contributed by atoms with E-state index in [9.17, 15) is 5.11 Å². The fourth-order valence-corrected chi connectivity index (χ4v) is 2.81. The Kier molecular flexibility index (Phi) is 4.36. The van der Waals surface area contributed by atoms with Gasteiger partial charge in [-0.1, -0.05) is 5.21 Å². The molecule has 2 aromatic heterocycles. The second kappa shape index (κ2) is 6.41. The highest BCUT2D eigenvalue weighted by atomic mass is 16.3. The second-order valence-electron chi connectivity index (χ2n) is 5.84. The Labute approximate surface area is 124 Å². The maximum atomic E-state index is 9.47. The molecular formula is C15H22N4O2. The minimum absolute atomic E-state index is 0.547. The Hall–Kier alpha value is -1.66. The van der Waals surface area contributed by atoms with Gasteiger partial charge in [-0.2, -0.15) is 0 Å². The van der Waals surface area contributed by atoms with Crippen LogP contribution in [0.5, 0.6) is 0 Å². The molecule has 0 aliphatic carbocycles. The molecule has 2 aromatic rings. The zero-order valence-electron chi connectivity index (χ0n) is 12.4. The van der Waals surface area contributed by atoms with E-state index in [2.05, 4.69) is 15.2 Å². The van der Waals surface area contributed by atoms with E-state index in [0.29, 0.717) is 11.6 Å². The number of piperidine rings is 1. The summed E-state index contributed by atoms with van der Waals surface area (Å²) in [6.45, 7) is 5.66. The molecule has 1 fully saturated rings. The minimum Gasteiger partial charge on any atom is -0.468 e. The third-order valence-corrected chi connectivity index (χ3v) is 4.10. The van der Waals surface area contributed by atoms with Gasteiger partial charge < -0.3 is 9.52 Å². The van der Waals surface area contributed by atoms with Crippen molar-refractivity contribution >= 4 is 0 Å². The first-order chi connectivity index (χ1) is 10.2. The Bertz CT molecular complexity index is 542. The van der Waals surface area contributed by atoms with Crippen LogP contribution in [0.2, 0.25) is 0 Å². The molecule has 3 heterocycles. The lowest BCUT2D eigenvalue weighted by molar-refractivity contribution is 0.155. The van der Waals surface area contributed by atoms with Gasteiger partial charge >= 0.3 is 0 Å². The first-order valence-electron chi connectivity index (χ1n) is 7.53. The summed E-state index contributed by atoms with van der Waals surface area (Å²) in [4.78, 5) is 2.43. The summed E-state index contributed by atoms with van der Waals surface area (Å²) >= 11 is 0.